The highest BCUT2D eigenvalue weighted by molar-refractivity contribution is 6.35. The van der Waals surface area contributed by atoms with E-state index in [1.165, 1.54) is 4.90 Å². The number of primary amides is 1. The molecule has 1 aromatic carbocycles. The molecule has 0 atom stereocenters. The van der Waals surface area contributed by atoms with Crippen LogP contribution in [-0.4, -0.2) is 38.2 Å². The molecule has 1 aliphatic rings. The van der Waals surface area contributed by atoms with Crippen LogP contribution in [0.3, 0.4) is 0 Å². The molecule has 0 aliphatic carbocycles. The molecule has 1 heterocycles. The minimum absolute atomic E-state index is 0.0180. The summed E-state index contributed by atoms with van der Waals surface area (Å²) in [5, 5.41) is 3.46. The van der Waals surface area contributed by atoms with Crippen molar-refractivity contribution in [1.29, 1.82) is 0 Å². The SMILES string of the molecule is NC(=O)C1CC[NH+](CCOC(=O)Nc2cc(Cl)cc(Cl)c2)CC1. The molecule has 4 N–H and O–H groups in total. The van der Waals surface area contributed by atoms with Crippen molar-refractivity contribution < 1.29 is 19.2 Å². The fourth-order valence-electron chi connectivity index (χ4n) is 2.63. The Morgan fingerprint density at radius 2 is 1.83 bits per heavy atom. The van der Waals surface area contributed by atoms with Gasteiger partial charge in [-0.05, 0) is 18.2 Å². The number of ether oxygens (including phenoxy) is 1. The summed E-state index contributed by atoms with van der Waals surface area (Å²) < 4.78 is 5.15. The van der Waals surface area contributed by atoms with Gasteiger partial charge in [-0.1, -0.05) is 23.2 Å². The lowest BCUT2D eigenvalue weighted by Crippen LogP contribution is -3.13. The van der Waals surface area contributed by atoms with E-state index < -0.39 is 6.09 Å². The summed E-state index contributed by atoms with van der Waals surface area (Å²) in [6, 6.07) is 4.77. The Morgan fingerprint density at radius 1 is 1.22 bits per heavy atom. The Balaban J connectivity index is 1.68. The van der Waals surface area contributed by atoms with Gasteiger partial charge in [0.1, 0.15) is 13.2 Å². The van der Waals surface area contributed by atoms with E-state index in [0.29, 0.717) is 28.9 Å². The van der Waals surface area contributed by atoms with E-state index in [4.69, 9.17) is 33.7 Å². The van der Waals surface area contributed by atoms with Gasteiger partial charge in [0.25, 0.3) is 0 Å². The molecule has 2 rings (SSSR count). The van der Waals surface area contributed by atoms with Crippen LogP contribution in [0.5, 0.6) is 0 Å². The standard InChI is InChI=1S/C15H19Cl2N3O3/c16-11-7-12(17)9-13(8-11)19-15(22)23-6-5-20-3-1-10(2-4-20)14(18)21/h7-10H,1-6H2,(H2,18,21)(H,19,22)/p+1. The molecule has 1 fully saturated rings. The Morgan fingerprint density at radius 3 is 2.39 bits per heavy atom. The predicted molar refractivity (Wildman–Crippen MR) is 88.9 cm³/mol. The fraction of sp³-hybridized carbons (Fsp3) is 0.467. The van der Waals surface area contributed by atoms with Crippen molar-refractivity contribution in [3.63, 3.8) is 0 Å². The lowest BCUT2D eigenvalue weighted by atomic mass is 9.96. The van der Waals surface area contributed by atoms with E-state index in [-0.39, 0.29) is 11.8 Å². The molecule has 0 bridgehead atoms. The quantitative estimate of drug-likeness (QED) is 0.740. The van der Waals surface area contributed by atoms with Crippen LogP contribution in [0.15, 0.2) is 18.2 Å². The van der Waals surface area contributed by atoms with E-state index in [9.17, 15) is 9.59 Å². The van der Waals surface area contributed by atoms with E-state index in [1.807, 2.05) is 0 Å². The highest BCUT2D eigenvalue weighted by Gasteiger charge is 2.25. The van der Waals surface area contributed by atoms with Crippen LogP contribution in [0, 0.1) is 5.92 Å². The third-order valence-corrected chi connectivity index (χ3v) is 4.33. The molecule has 0 radical (unpaired) electrons. The number of likely N-dealkylation sites (tertiary alicyclic amines) is 1. The van der Waals surface area contributed by atoms with Crippen LogP contribution in [-0.2, 0) is 9.53 Å². The number of anilines is 1. The van der Waals surface area contributed by atoms with Crippen LogP contribution in [0.4, 0.5) is 10.5 Å². The first-order valence-electron chi connectivity index (χ1n) is 7.47. The molecular weight excluding hydrogens is 341 g/mol. The fourth-order valence-corrected chi connectivity index (χ4v) is 3.15. The van der Waals surface area contributed by atoms with Crippen LogP contribution in [0.2, 0.25) is 10.0 Å². The summed E-state index contributed by atoms with van der Waals surface area (Å²) in [6.07, 6.45) is 1.03. The van der Waals surface area contributed by atoms with Crippen molar-refractivity contribution in [3.05, 3.63) is 28.2 Å². The van der Waals surface area contributed by atoms with Gasteiger partial charge in [-0.25, -0.2) is 4.79 Å². The van der Waals surface area contributed by atoms with Crippen LogP contribution < -0.4 is 16.0 Å². The number of nitrogens with one attached hydrogen (secondary N) is 2. The number of rotatable bonds is 5. The summed E-state index contributed by atoms with van der Waals surface area (Å²) in [5.74, 6) is -0.240. The molecule has 8 heteroatoms. The maximum Gasteiger partial charge on any atom is 0.411 e. The zero-order chi connectivity index (χ0) is 16.8. The molecule has 1 aliphatic heterocycles. The minimum atomic E-state index is -0.547. The van der Waals surface area contributed by atoms with E-state index in [0.717, 1.165) is 25.9 Å². The molecular formula is C15H20Cl2N3O3+. The molecule has 0 saturated carbocycles. The number of amides is 2. The average molecular weight is 361 g/mol. The van der Waals surface area contributed by atoms with E-state index in [1.54, 1.807) is 18.2 Å². The van der Waals surface area contributed by atoms with Gasteiger partial charge < -0.3 is 15.4 Å². The Hall–Kier alpha value is -1.50. The topological polar surface area (TPSA) is 85.9 Å². The molecule has 0 unspecified atom stereocenters. The zero-order valence-electron chi connectivity index (χ0n) is 12.6. The molecule has 1 aromatic rings. The molecule has 0 aromatic heterocycles. The first kappa shape index (κ1) is 17.8. The second kappa shape index (κ2) is 8.38. The Labute approximate surface area is 144 Å². The molecule has 23 heavy (non-hydrogen) atoms. The van der Waals surface area contributed by atoms with Crippen LogP contribution >= 0.6 is 23.2 Å². The van der Waals surface area contributed by atoms with Crippen molar-refractivity contribution in [1.82, 2.24) is 0 Å². The maximum absolute atomic E-state index is 11.7. The summed E-state index contributed by atoms with van der Waals surface area (Å²) in [6.45, 7) is 2.73. The smallest absolute Gasteiger partial charge is 0.411 e. The number of carbonyl (C=O) groups excluding carboxylic acids is 2. The second-order valence-electron chi connectivity index (χ2n) is 5.60. The van der Waals surface area contributed by atoms with Gasteiger partial charge >= 0.3 is 6.09 Å². The summed E-state index contributed by atoms with van der Waals surface area (Å²) in [4.78, 5) is 24.1. The summed E-state index contributed by atoms with van der Waals surface area (Å²) >= 11 is 11.7. The number of nitrogens with two attached hydrogens (primary N) is 1. The monoisotopic (exact) mass is 360 g/mol. The van der Waals surface area contributed by atoms with Crippen LogP contribution in [0.25, 0.3) is 0 Å². The van der Waals surface area contributed by atoms with Crippen molar-refractivity contribution >= 4 is 40.9 Å². The summed E-state index contributed by atoms with van der Waals surface area (Å²) in [7, 11) is 0. The van der Waals surface area contributed by atoms with Gasteiger partial charge in [0.05, 0.1) is 13.1 Å². The van der Waals surface area contributed by atoms with Crippen LogP contribution in [0.1, 0.15) is 12.8 Å². The number of hydrogen-bond donors (Lipinski definition) is 3. The van der Waals surface area contributed by atoms with Gasteiger partial charge in [0.15, 0.2) is 0 Å². The first-order chi connectivity index (χ1) is 10.9. The predicted octanol–water partition coefficient (Wildman–Crippen LogP) is 1.32. The first-order valence-corrected chi connectivity index (χ1v) is 8.22. The van der Waals surface area contributed by atoms with Crippen molar-refractivity contribution in [3.8, 4) is 0 Å². The number of carbonyl (C=O) groups is 2. The molecule has 2 amide bonds. The Kier molecular flexibility index (Phi) is 6.50. The number of quaternary nitrogens is 1. The number of halogens is 2. The molecule has 126 valence electrons. The largest absolute Gasteiger partial charge is 0.443 e. The van der Waals surface area contributed by atoms with E-state index >= 15 is 0 Å². The Bertz CT molecular complexity index is 555. The number of benzene rings is 1. The van der Waals surface area contributed by atoms with Gasteiger partial charge in [-0.3, -0.25) is 10.1 Å². The lowest BCUT2D eigenvalue weighted by Gasteiger charge is -2.27. The lowest BCUT2D eigenvalue weighted by molar-refractivity contribution is -0.905. The van der Waals surface area contributed by atoms with Gasteiger partial charge in [-0.2, -0.15) is 0 Å². The third kappa shape index (κ3) is 5.89. The number of piperidine rings is 1. The minimum Gasteiger partial charge on any atom is -0.443 e. The highest BCUT2D eigenvalue weighted by Crippen LogP contribution is 2.22. The van der Waals surface area contributed by atoms with Gasteiger partial charge in [0, 0.05) is 34.5 Å². The zero-order valence-corrected chi connectivity index (χ0v) is 14.1. The molecule has 0 spiro atoms. The van der Waals surface area contributed by atoms with Crippen molar-refractivity contribution in [2.45, 2.75) is 12.8 Å². The van der Waals surface area contributed by atoms with Gasteiger partial charge in [-0.15, -0.1) is 0 Å². The molecule has 1 saturated heterocycles. The summed E-state index contributed by atoms with van der Waals surface area (Å²) in [5.41, 5.74) is 5.79. The number of hydrogen-bond acceptors (Lipinski definition) is 3. The third-order valence-electron chi connectivity index (χ3n) is 3.89. The van der Waals surface area contributed by atoms with Gasteiger partial charge in [0.2, 0.25) is 5.91 Å². The van der Waals surface area contributed by atoms with Crippen molar-refractivity contribution in [2.75, 3.05) is 31.6 Å². The van der Waals surface area contributed by atoms with Crippen molar-refractivity contribution in [2.24, 2.45) is 11.7 Å². The average Bonchev–Trinajstić information content (AvgIpc) is 2.46. The molecule has 6 nitrogen and oxygen atoms in total. The second-order valence-corrected chi connectivity index (χ2v) is 6.47. The highest BCUT2D eigenvalue weighted by atomic mass is 35.5. The maximum atomic E-state index is 11.7. The normalized spacial score (nSPS) is 20.8. The van der Waals surface area contributed by atoms with E-state index in [2.05, 4.69) is 5.32 Å².